The molecule has 1 amide bonds. The molecule has 2 heterocycles. The predicted molar refractivity (Wildman–Crippen MR) is 125 cm³/mol. The first kappa shape index (κ1) is 24.0. The Labute approximate surface area is 206 Å². The number of nitrogens with zero attached hydrogens (tertiary/aromatic N) is 2. The van der Waals surface area contributed by atoms with E-state index in [4.69, 9.17) is 4.74 Å². The summed E-state index contributed by atoms with van der Waals surface area (Å²) in [7, 11) is 0. The second kappa shape index (κ2) is 9.04. The summed E-state index contributed by atoms with van der Waals surface area (Å²) < 4.78 is 6.73. The lowest BCUT2D eigenvalue weighted by atomic mass is 9.82. The average Bonchev–Trinajstić information content (AvgIpc) is 3.24. The lowest BCUT2D eigenvalue weighted by molar-refractivity contribution is -0.385. The lowest BCUT2D eigenvalue weighted by Gasteiger charge is -2.19. The van der Waals surface area contributed by atoms with Gasteiger partial charge >= 0.3 is 5.69 Å². The monoisotopic (exact) mass is 506 g/mol. The van der Waals surface area contributed by atoms with Gasteiger partial charge in [0.1, 0.15) is 23.5 Å². The molecule has 2 aromatic carbocycles. The van der Waals surface area contributed by atoms with Crippen LogP contribution in [0.2, 0.25) is 0 Å². The zero-order valence-corrected chi connectivity index (χ0v) is 18.9. The van der Waals surface area contributed by atoms with Crippen molar-refractivity contribution in [2.45, 2.75) is 24.9 Å². The van der Waals surface area contributed by atoms with Gasteiger partial charge in [-0.1, -0.05) is 24.3 Å². The number of nitrogens with one attached hydrogen (secondary N) is 2. The van der Waals surface area contributed by atoms with Gasteiger partial charge in [0.2, 0.25) is 5.78 Å². The summed E-state index contributed by atoms with van der Waals surface area (Å²) in [6.07, 6.45) is -1.78. The van der Waals surface area contributed by atoms with Crippen LogP contribution in [0.4, 0.5) is 5.69 Å². The fourth-order valence-electron chi connectivity index (χ4n) is 4.55. The van der Waals surface area contributed by atoms with Crippen LogP contribution in [0.25, 0.3) is 0 Å². The van der Waals surface area contributed by atoms with Gasteiger partial charge in [0.05, 0.1) is 11.0 Å². The Balaban J connectivity index is 1.39. The van der Waals surface area contributed by atoms with Gasteiger partial charge in [-0.05, 0) is 12.1 Å². The molecule has 5 rings (SSSR count). The topological polar surface area (TPSA) is 191 Å². The molecular weight excluding hydrogens is 488 g/mol. The summed E-state index contributed by atoms with van der Waals surface area (Å²) >= 11 is 0. The number of aromatic amines is 1. The van der Waals surface area contributed by atoms with E-state index < -0.39 is 68.9 Å². The minimum absolute atomic E-state index is 0.00618. The summed E-state index contributed by atoms with van der Waals surface area (Å²) in [5.74, 6) is -2.23. The molecule has 13 nitrogen and oxygen atoms in total. The first-order valence-electron chi connectivity index (χ1n) is 11.1. The average molecular weight is 506 g/mol. The van der Waals surface area contributed by atoms with Crippen molar-refractivity contribution in [2.75, 3.05) is 6.54 Å². The van der Waals surface area contributed by atoms with E-state index in [1.807, 2.05) is 0 Å². The second-order valence-electron chi connectivity index (χ2n) is 8.50. The number of amides is 1. The van der Waals surface area contributed by atoms with E-state index in [2.05, 4.69) is 10.3 Å². The van der Waals surface area contributed by atoms with Gasteiger partial charge in [0.25, 0.3) is 17.2 Å². The fraction of sp³-hybridized carbons (Fsp3) is 0.208. The highest BCUT2D eigenvalue weighted by molar-refractivity contribution is 6.30. The van der Waals surface area contributed by atoms with Crippen LogP contribution in [0, 0.1) is 10.1 Å². The highest BCUT2D eigenvalue weighted by Gasteiger charge is 2.39. The molecule has 37 heavy (non-hydrogen) atoms. The van der Waals surface area contributed by atoms with Crippen molar-refractivity contribution >= 4 is 23.2 Å². The van der Waals surface area contributed by atoms with Crippen LogP contribution in [-0.4, -0.2) is 55.8 Å². The normalized spacial score (nSPS) is 20.3. The molecule has 0 bridgehead atoms. The van der Waals surface area contributed by atoms with Crippen LogP contribution in [0.15, 0.2) is 58.3 Å². The highest BCUT2D eigenvalue weighted by Crippen LogP contribution is 2.35. The number of carbonyl (C=O) groups is 3. The number of hydrogen-bond acceptors (Lipinski definition) is 9. The van der Waals surface area contributed by atoms with Crippen LogP contribution in [0.5, 0.6) is 0 Å². The van der Waals surface area contributed by atoms with E-state index in [0.29, 0.717) is 0 Å². The summed E-state index contributed by atoms with van der Waals surface area (Å²) in [6.45, 7) is -0.279. The SMILES string of the molecule is O=C1c2ccccc2C(=O)c2c1ccc(C(=O)NC[C@H]1O[C@@H](n3ccc(=O)[nH]c3=O)C[C@@H]1O)c2[N+](=O)[O-]. The third-order valence-electron chi connectivity index (χ3n) is 6.32. The van der Waals surface area contributed by atoms with Gasteiger partial charge < -0.3 is 15.2 Å². The Morgan fingerprint density at radius 3 is 2.46 bits per heavy atom. The van der Waals surface area contributed by atoms with Crippen molar-refractivity contribution in [3.05, 3.63) is 107 Å². The molecule has 0 unspecified atom stereocenters. The molecule has 1 fully saturated rings. The number of aromatic nitrogens is 2. The third kappa shape index (κ3) is 4.05. The number of nitro groups is 1. The van der Waals surface area contributed by atoms with Gasteiger partial charge in [-0.2, -0.15) is 0 Å². The van der Waals surface area contributed by atoms with E-state index in [-0.39, 0.29) is 29.7 Å². The zero-order chi connectivity index (χ0) is 26.4. The van der Waals surface area contributed by atoms with Gasteiger partial charge in [-0.25, -0.2) is 4.79 Å². The molecule has 1 aliphatic heterocycles. The summed E-state index contributed by atoms with van der Waals surface area (Å²) in [4.78, 5) is 75.3. The molecule has 13 heteroatoms. The molecule has 1 aromatic heterocycles. The van der Waals surface area contributed by atoms with Gasteiger partial charge in [-0.15, -0.1) is 0 Å². The number of fused-ring (bicyclic) bond motifs is 2. The number of aliphatic hydroxyl groups excluding tert-OH is 1. The number of ketones is 2. The van der Waals surface area contributed by atoms with Crippen molar-refractivity contribution in [1.29, 1.82) is 0 Å². The molecule has 3 aromatic rings. The number of nitro benzene ring substituents is 1. The Morgan fingerprint density at radius 2 is 1.78 bits per heavy atom. The first-order valence-corrected chi connectivity index (χ1v) is 11.1. The van der Waals surface area contributed by atoms with Crippen LogP contribution >= 0.6 is 0 Å². The molecule has 0 saturated carbocycles. The highest BCUT2D eigenvalue weighted by atomic mass is 16.6. The fourth-order valence-corrected chi connectivity index (χ4v) is 4.55. The summed E-state index contributed by atoms with van der Waals surface area (Å²) in [6, 6.07) is 9.35. The molecule has 188 valence electrons. The van der Waals surface area contributed by atoms with E-state index in [9.17, 15) is 39.2 Å². The Hall–Kier alpha value is -4.75. The molecule has 0 spiro atoms. The van der Waals surface area contributed by atoms with Crippen LogP contribution in [-0.2, 0) is 4.74 Å². The zero-order valence-electron chi connectivity index (χ0n) is 18.9. The molecular formula is C24H18N4O9. The number of aliphatic hydroxyl groups is 1. The minimum atomic E-state index is -1.10. The van der Waals surface area contributed by atoms with Crippen LogP contribution in [0.1, 0.15) is 54.8 Å². The Bertz CT molecular complexity index is 1610. The predicted octanol–water partition coefficient (Wildman–Crippen LogP) is 0.299. The third-order valence-corrected chi connectivity index (χ3v) is 6.32. The Morgan fingerprint density at radius 1 is 1.08 bits per heavy atom. The molecule has 0 radical (unpaired) electrons. The van der Waals surface area contributed by atoms with Crippen molar-refractivity contribution in [1.82, 2.24) is 14.9 Å². The van der Waals surface area contributed by atoms with Crippen molar-refractivity contribution < 1.29 is 29.2 Å². The summed E-state index contributed by atoms with van der Waals surface area (Å²) in [5.41, 5.74) is -3.08. The first-order chi connectivity index (χ1) is 17.7. The van der Waals surface area contributed by atoms with E-state index in [1.54, 1.807) is 6.07 Å². The largest absolute Gasteiger partial charge is 0.390 e. The van der Waals surface area contributed by atoms with Crippen molar-refractivity contribution in [2.24, 2.45) is 0 Å². The maximum Gasteiger partial charge on any atom is 0.330 e. The van der Waals surface area contributed by atoms with Gasteiger partial charge in [-0.3, -0.25) is 38.8 Å². The number of hydrogen-bond donors (Lipinski definition) is 3. The van der Waals surface area contributed by atoms with Crippen LogP contribution in [0.3, 0.4) is 0 Å². The number of carbonyl (C=O) groups excluding carboxylic acids is 3. The smallest absolute Gasteiger partial charge is 0.330 e. The van der Waals surface area contributed by atoms with Crippen LogP contribution < -0.4 is 16.6 Å². The Kier molecular flexibility index (Phi) is 5.85. The van der Waals surface area contributed by atoms with Gasteiger partial charge in [0.15, 0.2) is 5.78 Å². The molecule has 3 atom stereocenters. The van der Waals surface area contributed by atoms with Gasteiger partial charge in [0, 0.05) is 41.9 Å². The van der Waals surface area contributed by atoms with Crippen molar-refractivity contribution in [3.63, 3.8) is 0 Å². The second-order valence-corrected chi connectivity index (χ2v) is 8.50. The minimum Gasteiger partial charge on any atom is -0.390 e. The van der Waals surface area contributed by atoms with E-state index in [0.717, 1.165) is 16.7 Å². The quantitative estimate of drug-likeness (QED) is 0.252. The van der Waals surface area contributed by atoms with E-state index >= 15 is 0 Å². The molecule has 2 aliphatic rings. The maximum absolute atomic E-state index is 13.1. The molecule has 1 saturated heterocycles. The van der Waals surface area contributed by atoms with Crippen molar-refractivity contribution in [3.8, 4) is 0 Å². The molecule has 1 aliphatic carbocycles. The number of H-pyrrole nitrogens is 1. The number of rotatable bonds is 5. The lowest BCUT2D eigenvalue weighted by Crippen LogP contribution is -2.37. The number of benzene rings is 2. The van der Waals surface area contributed by atoms with E-state index in [1.165, 1.54) is 30.5 Å². The standard InChI is InChI=1S/C24H18N4O9/c29-15-9-18(27-8-7-17(30)26-24(27)34)37-16(15)10-25-23(33)14-6-5-13-19(20(14)28(35)36)22(32)12-4-2-1-3-11(12)21(13)31/h1-8,15-16,18,29H,9-10H2,(H,25,33)(H,26,30,34)/t15-,16+,18+/m0/s1. The molecule has 3 N–H and O–H groups in total. The summed E-state index contributed by atoms with van der Waals surface area (Å²) in [5, 5.41) is 24.8. The number of ether oxygens (including phenoxy) is 1. The maximum atomic E-state index is 13.1.